The molecule has 0 atom stereocenters. The van der Waals surface area contributed by atoms with E-state index in [1.165, 1.54) is 0 Å². The molecule has 0 aliphatic heterocycles. The van der Waals surface area contributed by atoms with Gasteiger partial charge >= 0.3 is 30.2 Å². The van der Waals surface area contributed by atoms with Gasteiger partial charge in [-0.15, -0.1) is 0 Å². The van der Waals surface area contributed by atoms with Crippen LogP contribution in [0.5, 0.6) is 0 Å². The minimum absolute atomic E-state index is 0.252. The lowest BCUT2D eigenvalue weighted by atomic mass is 10.2. The Morgan fingerprint density at radius 1 is 0.550 bits per heavy atom. The summed E-state index contributed by atoms with van der Waals surface area (Å²) in [5.74, 6) is -18.3. The van der Waals surface area contributed by atoms with E-state index in [-0.39, 0.29) is 4.99 Å². The van der Waals surface area contributed by atoms with Gasteiger partial charge in [-0.05, 0) is 0 Å². The van der Waals surface area contributed by atoms with Crippen molar-refractivity contribution < 1.29 is 57.1 Å². The summed E-state index contributed by atoms with van der Waals surface area (Å²) in [6, 6.07) is 0. The molecule has 0 unspecified atom stereocenters. The molecule has 0 aliphatic rings. The van der Waals surface area contributed by atoms with E-state index >= 15 is 0 Å². The Morgan fingerprint density at radius 2 is 0.850 bits per heavy atom. The van der Waals surface area contributed by atoms with Crippen LogP contribution in [0.15, 0.2) is 4.99 Å². The summed E-state index contributed by atoms with van der Waals surface area (Å²) in [4.78, 5) is 0.252. The van der Waals surface area contributed by atoms with Crippen molar-refractivity contribution in [1.29, 1.82) is 0 Å². The van der Waals surface area contributed by atoms with Gasteiger partial charge in [0.1, 0.15) is 0 Å². The number of hydrogen-bond acceptors (Lipinski definition) is 1. The van der Waals surface area contributed by atoms with Crippen LogP contribution in [-0.4, -0.2) is 36.2 Å². The van der Waals surface area contributed by atoms with Crippen molar-refractivity contribution in [2.45, 2.75) is 30.2 Å². The zero-order chi connectivity index (χ0) is 16.8. The van der Waals surface area contributed by atoms with E-state index in [1.54, 1.807) is 0 Å². The van der Waals surface area contributed by atoms with Gasteiger partial charge in [-0.2, -0.15) is 62.1 Å². The van der Waals surface area contributed by atoms with E-state index in [4.69, 9.17) is 0 Å². The Labute approximate surface area is 99.6 Å². The van der Waals surface area contributed by atoms with E-state index in [9.17, 15) is 57.1 Å². The highest BCUT2D eigenvalue weighted by Crippen LogP contribution is 2.48. The molecule has 0 aromatic carbocycles. The average Bonchev–Trinajstić information content (AvgIpc) is 2.11. The number of hydrogen-bond donors (Lipinski definition) is 0. The highest BCUT2D eigenvalue weighted by atomic mass is 19.4. The summed E-state index contributed by atoms with van der Waals surface area (Å²) in [6.45, 7) is 0. The molecule has 0 fully saturated rings. The van der Waals surface area contributed by atoms with Crippen LogP contribution in [0.4, 0.5) is 57.1 Å². The zero-order valence-electron chi connectivity index (χ0n) is 8.36. The zero-order valence-corrected chi connectivity index (χ0v) is 8.36. The fourth-order valence-electron chi connectivity index (χ4n) is 0.610. The van der Waals surface area contributed by atoms with Gasteiger partial charge in [0.2, 0.25) is 0 Å². The largest absolute Gasteiger partial charge is 0.462 e. The van der Waals surface area contributed by atoms with E-state index < -0.39 is 36.2 Å². The van der Waals surface area contributed by atoms with Crippen molar-refractivity contribution in [1.82, 2.24) is 0 Å². The molecule has 120 valence electrons. The second-order valence-electron chi connectivity index (χ2n) is 3.09. The SMILES string of the molecule is F/C(=N\C(F)(C(F)(F)F)C(F)(F)F)C(F)(F)C(F)(F)F. The van der Waals surface area contributed by atoms with Crippen molar-refractivity contribution >= 4 is 5.97 Å². The topological polar surface area (TPSA) is 12.4 Å². The molecule has 0 aliphatic carbocycles. The Morgan fingerprint density at radius 3 is 1.05 bits per heavy atom. The predicted octanol–water partition coefficient (Wildman–Crippen LogP) is 4.34. The summed E-state index contributed by atoms with van der Waals surface area (Å²) in [5, 5.41) is 0. The monoisotopic (exact) mass is 333 g/mol. The molecule has 0 aromatic rings. The van der Waals surface area contributed by atoms with Gasteiger partial charge < -0.3 is 0 Å². The molecule has 0 spiro atoms. The Kier molecular flexibility index (Phi) is 4.36. The standard InChI is InChI=1S/C6F13N/c7-1(2(8,9)4(11,12)13)20-3(10,5(14,15)16)6(17,18)19/b20-1-. The van der Waals surface area contributed by atoms with Gasteiger partial charge in [0.25, 0.3) is 5.97 Å². The fourth-order valence-corrected chi connectivity index (χ4v) is 0.610. The van der Waals surface area contributed by atoms with Crippen molar-refractivity contribution in [3.8, 4) is 0 Å². The molecule has 0 N–H and O–H groups in total. The van der Waals surface area contributed by atoms with Crippen molar-refractivity contribution in [2.24, 2.45) is 4.99 Å². The Balaban J connectivity index is 6.02. The maximum atomic E-state index is 12.6. The Bertz CT molecular complexity index is 367. The maximum absolute atomic E-state index is 12.6. The first-order valence-corrected chi connectivity index (χ1v) is 3.90. The molecular formula is C6F13N. The lowest BCUT2D eigenvalue weighted by Crippen LogP contribution is -2.54. The van der Waals surface area contributed by atoms with Gasteiger partial charge in [0.15, 0.2) is 0 Å². The van der Waals surface area contributed by atoms with E-state index in [1.807, 2.05) is 0 Å². The van der Waals surface area contributed by atoms with Gasteiger partial charge in [0, 0.05) is 0 Å². The first kappa shape index (κ1) is 18.8. The first-order chi connectivity index (χ1) is 8.38. The third-order valence-corrected chi connectivity index (χ3v) is 1.62. The smallest absolute Gasteiger partial charge is 0.199 e. The summed E-state index contributed by atoms with van der Waals surface area (Å²) in [6.07, 6.45) is -21.1. The molecule has 14 heteroatoms. The van der Waals surface area contributed by atoms with Gasteiger partial charge in [-0.3, -0.25) is 0 Å². The maximum Gasteiger partial charge on any atom is 0.462 e. The van der Waals surface area contributed by atoms with E-state index in [0.717, 1.165) is 0 Å². The van der Waals surface area contributed by atoms with Crippen molar-refractivity contribution in [3.63, 3.8) is 0 Å². The normalized spacial score (nSPS) is 16.6. The van der Waals surface area contributed by atoms with Crippen molar-refractivity contribution in [2.75, 3.05) is 0 Å². The number of nitrogens with zero attached hydrogens (tertiary/aromatic N) is 1. The van der Waals surface area contributed by atoms with Crippen LogP contribution in [0.1, 0.15) is 0 Å². The third kappa shape index (κ3) is 3.08. The van der Waals surface area contributed by atoms with Crippen LogP contribution in [0.25, 0.3) is 0 Å². The number of aliphatic imine (C=N–C) groups is 1. The van der Waals surface area contributed by atoms with E-state index in [2.05, 4.69) is 0 Å². The molecule has 0 rings (SSSR count). The lowest BCUT2D eigenvalue weighted by molar-refractivity contribution is -0.339. The van der Waals surface area contributed by atoms with Crippen LogP contribution in [-0.2, 0) is 0 Å². The van der Waals surface area contributed by atoms with Gasteiger partial charge in [-0.1, -0.05) is 0 Å². The minimum Gasteiger partial charge on any atom is -0.199 e. The second-order valence-corrected chi connectivity index (χ2v) is 3.09. The van der Waals surface area contributed by atoms with Crippen LogP contribution in [0, 0.1) is 0 Å². The third-order valence-electron chi connectivity index (χ3n) is 1.62. The lowest BCUT2D eigenvalue weighted by Gasteiger charge is -2.27. The fraction of sp³-hybridized carbons (Fsp3) is 0.833. The van der Waals surface area contributed by atoms with E-state index in [0.29, 0.717) is 0 Å². The summed E-state index contributed by atoms with van der Waals surface area (Å²) >= 11 is 0. The minimum atomic E-state index is -7.11. The van der Waals surface area contributed by atoms with Crippen LogP contribution >= 0.6 is 0 Å². The summed E-state index contributed by atoms with van der Waals surface area (Å²) in [7, 11) is 0. The molecular weight excluding hydrogens is 333 g/mol. The van der Waals surface area contributed by atoms with Crippen molar-refractivity contribution in [3.05, 3.63) is 0 Å². The molecule has 0 amide bonds. The first-order valence-electron chi connectivity index (χ1n) is 3.90. The molecule has 0 saturated carbocycles. The molecule has 0 aromatic heterocycles. The molecule has 1 nitrogen and oxygen atoms in total. The van der Waals surface area contributed by atoms with Gasteiger partial charge in [-0.25, -0.2) is 0 Å². The quantitative estimate of drug-likeness (QED) is 0.405. The number of rotatable bonds is 2. The van der Waals surface area contributed by atoms with Crippen LogP contribution < -0.4 is 0 Å². The van der Waals surface area contributed by atoms with Crippen LogP contribution in [0.3, 0.4) is 0 Å². The Hall–Kier alpha value is -1.24. The highest BCUT2D eigenvalue weighted by Gasteiger charge is 2.75. The molecule has 0 heterocycles. The number of halogens is 13. The average molecular weight is 333 g/mol. The number of alkyl halides is 12. The second kappa shape index (κ2) is 4.65. The van der Waals surface area contributed by atoms with Gasteiger partial charge in [0.05, 0.1) is 0 Å². The summed E-state index contributed by atoms with van der Waals surface area (Å²) < 4.78 is 154. The molecule has 0 saturated heterocycles. The molecule has 0 bridgehead atoms. The molecule has 0 radical (unpaired) electrons. The highest BCUT2D eigenvalue weighted by molar-refractivity contribution is 5.83. The van der Waals surface area contributed by atoms with Crippen LogP contribution in [0.2, 0.25) is 0 Å². The summed E-state index contributed by atoms with van der Waals surface area (Å²) in [5.41, 5.74) is 0. The predicted molar refractivity (Wildman–Crippen MR) is 35.5 cm³/mol. The molecule has 20 heavy (non-hydrogen) atoms.